The third kappa shape index (κ3) is 4.13. The van der Waals surface area contributed by atoms with Crippen molar-refractivity contribution in [3.8, 4) is 6.07 Å². The van der Waals surface area contributed by atoms with Crippen molar-refractivity contribution in [2.75, 3.05) is 6.61 Å². The minimum absolute atomic E-state index is 0.105. The maximum Gasteiger partial charge on any atom is 0.340 e. The lowest BCUT2D eigenvalue weighted by atomic mass is 10.1. The second-order valence-electron chi connectivity index (χ2n) is 5.78. The Balaban J connectivity index is 1.79. The van der Waals surface area contributed by atoms with Crippen molar-refractivity contribution in [1.82, 2.24) is 4.57 Å². The van der Waals surface area contributed by atoms with Crippen LogP contribution in [-0.2, 0) is 11.3 Å². The fourth-order valence-electron chi connectivity index (χ4n) is 2.76. The molecule has 0 aliphatic rings. The molecule has 0 amide bonds. The number of fused-ring (bicyclic) bond motifs is 1. The highest BCUT2D eigenvalue weighted by Crippen LogP contribution is 2.24. The van der Waals surface area contributed by atoms with E-state index in [1.165, 1.54) is 12.1 Å². The number of para-hydroxylation sites is 1. The summed E-state index contributed by atoms with van der Waals surface area (Å²) >= 11 is 11.8. The number of benzene rings is 2. The summed E-state index contributed by atoms with van der Waals surface area (Å²) in [6, 6.07) is 13.9. The molecule has 0 unspecified atom stereocenters. The van der Waals surface area contributed by atoms with Gasteiger partial charge >= 0.3 is 5.97 Å². The summed E-state index contributed by atoms with van der Waals surface area (Å²) in [4.78, 5) is 24.8. The maximum absolute atomic E-state index is 12.6. The third-order valence-electron chi connectivity index (χ3n) is 4.04. The zero-order valence-electron chi connectivity index (χ0n) is 14.1. The van der Waals surface area contributed by atoms with Gasteiger partial charge in [-0.25, -0.2) is 4.79 Å². The van der Waals surface area contributed by atoms with Crippen LogP contribution in [0.4, 0.5) is 0 Å². The molecule has 1 aromatic heterocycles. The number of aromatic nitrogens is 1. The topological polar surface area (TPSA) is 72.1 Å². The number of Topliss-reactive ketones (excluding diaryl/α,β-unsaturated/α-hetero) is 1. The van der Waals surface area contributed by atoms with Crippen molar-refractivity contribution >= 4 is 45.9 Å². The molecule has 2 aromatic carbocycles. The van der Waals surface area contributed by atoms with Gasteiger partial charge in [-0.05, 0) is 24.3 Å². The van der Waals surface area contributed by atoms with Gasteiger partial charge in [0.05, 0.1) is 23.1 Å². The number of nitrogens with zero attached hydrogens (tertiary/aromatic N) is 2. The van der Waals surface area contributed by atoms with Crippen molar-refractivity contribution in [2.24, 2.45) is 0 Å². The summed E-state index contributed by atoms with van der Waals surface area (Å²) in [7, 11) is 0. The molecule has 0 saturated heterocycles. The number of rotatable bonds is 6. The van der Waals surface area contributed by atoms with E-state index in [2.05, 4.69) is 6.07 Å². The number of hydrogen-bond acceptors (Lipinski definition) is 4. The van der Waals surface area contributed by atoms with Crippen LogP contribution in [0.2, 0.25) is 10.0 Å². The molecule has 7 heteroatoms. The van der Waals surface area contributed by atoms with Crippen LogP contribution in [0, 0.1) is 11.3 Å². The molecule has 3 rings (SSSR count). The lowest BCUT2D eigenvalue weighted by molar-refractivity contribution is 0.0475. The van der Waals surface area contributed by atoms with Gasteiger partial charge in [-0.1, -0.05) is 41.4 Å². The van der Waals surface area contributed by atoms with Gasteiger partial charge in [-0.15, -0.1) is 0 Å². The highest BCUT2D eigenvalue weighted by atomic mass is 35.5. The summed E-state index contributed by atoms with van der Waals surface area (Å²) < 4.78 is 6.97. The maximum atomic E-state index is 12.6. The Morgan fingerprint density at radius 3 is 2.67 bits per heavy atom. The van der Waals surface area contributed by atoms with Gasteiger partial charge in [0.2, 0.25) is 5.78 Å². The molecule has 0 saturated carbocycles. The minimum Gasteiger partial charge on any atom is -0.454 e. The molecular weight excluding hydrogens is 387 g/mol. The number of halogens is 2. The summed E-state index contributed by atoms with van der Waals surface area (Å²) in [5, 5.41) is 10.1. The van der Waals surface area contributed by atoms with E-state index in [0.717, 1.165) is 10.9 Å². The van der Waals surface area contributed by atoms with Gasteiger partial charge in [0.1, 0.15) is 0 Å². The van der Waals surface area contributed by atoms with Crippen molar-refractivity contribution in [2.45, 2.75) is 13.0 Å². The number of carbonyl (C=O) groups is 2. The first-order valence-electron chi connectivity index (χ1n) is 8.11. The normalized spacial score (nSPS) is 10.6. The molecule has 0 aliphatic heterocycles. The van der Waals surface area contributed by atoms with Crippen LogP contribution < -0.4 is 0 Å². The van der Waals surface area contributed by atoms with Crippen LogP contribution in [0.15, 0.2) is 48.7 Å². The number of esters is 1. The second kappa shape index (κ2) is 8.26. The molecular formula is C20H14Cl2N2O3. The highest BCUT2D eigenvalue weighted by Gasteiger charge is 2.18. The Kier molecular flexibility index (Phi) is 5.80. The van der Waals surface area contributed by atoms with Crippen LogP contribution in [0.3, 0.4) is 0 Å². The predicted molar refractivity (Wildman–Crippen MR) is 103 cm³/mol. The molecule has 0 spiro atoms. The Labute approximate surface area is 165 Å². The number of ketones is 1. The van der Waals surface area contributed by atoms with Gasteiger partial charge in [-0.3, -0.25) is 4.79 Å². The van der Waals surface area contributed by atoms with E-state index in [1.807, 2.05) is 28.8 Å². The first kappa shape index (κ1) is 19.0. The fourth-order valence-corrected chi connectivity index (χ4v) is 3.13. The van der Waals surface area contributed by atoms with Gasteiger partial charge in [0.15, 0.2) is 6.61 Å². The number of hydrogen-bond donors (Lipinski definition) is 0. The van der Waals surface area contributed by atoms with Crippen LogP contribution >= 0.6 is 23.2 Å². The van der Waals surface area contributed by atoms with Crippen LogP contribution in [0.5, 0.6) is 0 Å². The highest BCUT2D eigenvalue weighted by molar-refractivity contribution is 6.35. The van der Waals surface area contributed by atoms with Gasteiger partial charge < -0.3 is 9.30 Å². The van der Waals surface area contributed by atoms with Crippen molar-refractivity contribution in [1.29, 1.82) is 5.26 Å². The first-order valence-corrected chi connectivity index (χ1v) is 8.87. The second-order valence-corrected chi connectivity index (χ2v) is 6.63. The standard InChI is InChI=1S/C20H14Cl2N2O3/c21-13-6-7-17(22)15(10-13)20(26)27-12-19(25)16-11-24(9-3-8-23)18-5-2-1-4-14(16)18/h1-2,4-7,10-11H,3,9,12H2. The Hall–Kier alpha value is -2.81. The average molecular weight is 401 g/mol. The molecule has 0 atom stereocenters. The SMILES string of the molecule is N#CCCn1cc(C(=O)COC(=O)c2cc(Cl)ccc2Cl)c2ccccc21. The van der Waals surface area contributed by atoms with E-state index in [4.69, 9.17) is 33.2 Å². The van der Waals surface area contributed by atoms with Crippen LogP contribution in [-0.4, -0.2) is 22.9 Å². The first-order chi connectivity index (χ1) is 13.0. The van der Waals surface area contributed by atoms with E-state index in [0.29, 0.717) is 23.6 Å². The molecule has 3 aromatic rings. The van der Waals surface area contributed by atoms with Crippen LogP contribution in [0.1, 0.15) is 27.1 Å². The van der Waals surface area contributed by atoms with E-state index < -0.39 is 12.6 Å². The minimum atomic E-state index is -0.718. The Morgan fingerprint density at radius 1 is 1.11 bits per heavy atom. The van der Waals surface area contributed by atoms with Gasteiger partial charge in [-0.2, -0.15) is 5.26 Å². The lowest BCUT2D eigenvalue weighted by Gasteiger charge is -2.06. The molecule has 136 valence electrons. The molecule has 27 heavy (non-hydrogen) atoms. The number of aryl methyl sites for hydroxylation is 1. The number of ether oxygens (including phenoxy) is 1. The molecule has 1 heterocycles. The van der Waals surface area contributed by atoms with Gasteiger partial charge in [0.25, 0.3) is 0 Å². The molecule has 0 bridgehead atoms. The van der Waals surface area contributed by atoms with E-state index in [9.17, 15) is 9.59 Å². The zero-order valence-corrected chi connectivity index (χ0v) is 15.6. The molecule has 0 fully saturated rings. The summed E-state index contributed by atoms with van der Waals surface area (Å²) in [6.45, 7) is 0.0517. The van der Waals surface area contributed by atoms with Crippen LogP contribution in [0.25, 0.3) is 10.9 Å². The predicted octanol–water partition coefficient (Wildman–Crippen LogP) is 4.90. The van der Waals surface area contributed by atoms with Gasteiger partial charge in [0, 0.05) is 34.2 Å². The number of nitriles is 1. The molecule has 0 aliphatic carbocycles. The Bertz CT molecular complexity index is 1070. The third-order valence-corrected chi connectivity index (χ3v) is 4.60. The van der Waals surface area contributed by atoms with E-state index in [-0.39, 0.29) is 16.4 Å². The lowest BCUT2D eigenvalue weighted by Crippen LogP contribution is -2.14. The fraction of sp³-hybridized carbons (Fsp3) is 0.150. The summed E-state index contributed by atoms with van der Waals surface area (Å²) in [6.07, 6.45) is 2.01. The van der Waals surface area contributed by atoms with Crippen molar-refractivity contribution in [3.05, 3.63) is 69.8 Å². The Morgan fingerprint density at radius 2 is 1.89 bits per heavy atom. The smallest absolute Gasteiger partial charge is 0.340 e. The quantitative estimate of drug-likeness (QED) is 0.435. The van der Waals surface area contributed by atoms with Crippen molar-refractivity contribution < 1.29 is 14.3 Å². The summed E-state index contributed by atoms with van der Waals surface area (Å²) in [5.74, 6) is -1.06. The monoisotopic (exact) mass is 400 g/mol. The molecule has 0 N–H and O–H groups in total. The van der Waals surface area contributed by atoms with Crippen molar-refractivity contribution in [3.63, 3.8) is 0 Å². The van der Waals surface area contributed by atoms with E-state index in [1.54, 1.807) is 12.3 Å². The summed E-state index contributed by atoms with van der Waals surface area (Å²) in [5.41, 5.74) is 1.39. The largest absolute Gasteiger partial charge is 0.454 e. The molecule has 0 radical (unpaired) electrons. The number of carbonyl (C=O) groups excluding carboxylic acids is 2. The average Bonchev–Trinajstić information content (AvgIpc) is 3.05. The zero-order chi connectivity index (χ0) is 19.4. The van der Waals surface area contributed by atoms with E-state index >= 15 is 0 Å². The molecule has 5 nitrogen and oxygen atoms in total.